The van der Waals surface area contributed by atoms with E-state index in [1.807, 2.05) is 35.1 Å². The zero-order chi connectivity index (χ0) is 31.6. The van der Waals surface area contributed by atoms with Crippen molar-refractivity contribution in [2.45, 2.75) is 59.8 Å². The monoisotopic (exact) mass is 604 g/mol. The van der Waals surface area contributed by atoms with E-state index in [0.717, 1.165) is 51.8 Å². The Kier molecular flexibility index (Phi) is 8.15. The van der Waals surface area contributed by atoms with Crippen molar-refractivity contribution in [2.75, 3.05) is 0 Å². The zero-order valence-corrected chi connectivity index (χ0v) is 27.1. The van der Waals surface area contributed by atoms with E-state index >= 15 is 0 Å². The van der Waals surface area contributed by atoms with E-state index in [9.17, 15) is 0 Å². The molecule has 0 aliphatic rings. The van der Waals surface area contributed by atoms with E-state index in [0.29, 0.717) is 0 Å². The molecule has 230 valence electrons. The number of hydrogen-bond donors (Lipinski definition) is 0. The number of ether oxygens (including phenoxy) is 1. The molecule has 0 aliphatic heterocycles. The van der Waals surface area contributed by atoms with Gasteiger partial charge in [-0.2, -0.15) is 5.10 Å². The molecule has 0 bridgehead atoms. The summed E-state index contributed by atoms with van der Waals surface area (Å²) in [6.45, 7) is 8.57. The Morgan fingerprint density at radius 3 is 2.37 bits per heavy atom. The number of nitrogens with zero attached hydrogens (tertiary/aromatic N) is 4. The molecule has 4 aromatic carbocycles. The molecule has 0 amide bonds. The molecule has 0 fully saturated rings. The Morgan fingerprint density at radius 2 is 1.54 bits per heavy atom. The Labute approximate surface area is 271 Å². The molecular weight excluding hydrogens is 564 g/mol. The smallest absolute Gasteiger partial charge is 0.137 e. The summed E-state index contributed by atoms with van der Waals surface area (Å²) in [5.41, 5.74) is 10.2. The Morgan fingerprint density at radius 1 is 0.696 bits per heavy atom. The predicted octanol–water partition coefficient (Wildman–Crippen LogP) is 10.9. The van der Waals surface area contributed by atoms with Crippen molar-refractivity contribution in [3.05, 3.63) is 132 Å². The van der Waals surface area contributed by atoms with Crippen molar-refractivity contribution in [1.29, 1.82) is 0 Å². The van der Waals surface area contributed by atoms with Crippen molar-refractivity contribution >= 4 is 21.8 Å². The lowest BCUT2D eigenvalue weighted by molar-refractivity contribution is 0.483. The number of unbranched alkanes of at least 4 members (excludes halogenated alkanes) is 3. The number of aryl methyl sites for hydroxylation is 3. The van der Waals surface area contributed by atoms with Crippen LogP contribution in [-0.4, -0.2) is 19.3 Å². The first-order chi connectivity index (χ1) is 22.5. The van der Waals surface area contributed by atoms with Crippen LogP contribution >= 0.6 is 0 Å². The lowest BCUT2D eigenvalue weighted by atomic mass is 10.0. The van der Waals surface area contributed by atoms with Gasteiger partial charge in [0, 0.05) is 40.4 Å². The molecule has 3 aromatic heterocycles. The number of benzene rings is 4. The Hall–Kier alpha value is -5.16. The summed E-state index contributed by atoms with van der Waals surface area (Å²) in [4.78, 5) is 4.79. The molecule has 0 aliphatic carbocycles. The molecule has 3 heterocycles. The number of fused-ring (bicyclic) bond motifs is 3. The van der Waals surface area contributed by atoms with Crippen molar-refractivity contribution in [3.63, 3.8) is 0 Å². The lowest BCUT2D eigenvalue weighted by Crippen LogP contribution is -1.99. The van der Waals surface area contributed by atoms with E-state index < -0.39 is 0 Å². The topological polar surface area (TPSA) is 44.9 Å². The second kappa shape index (κ2) is 12.7. The molecule has 7 rings (SSSR count). The number of hydrogen-bond acceptors (Lipinski definition) is 3. The van der Waals surface area contributed by atoms with Gasteiger partial charge in [0.05, 0.1) is 22.4 Å². The third-order valence-corrected chi connectivity index (χ3v) is 8.90. The number of aromatic nitrogens is 4. The van der Waals surface area contributed by atoms with E-state index in [-0.39, 0.29) is 0 Å². The fourth-order valence-electron chi connectivity index (χ4n) is 6.64. The molecule has 5 nitrogen and oxygen atoms in total. The van der Waals surface area contributed by atoms with Gasteiger partial charge in [-0.25, -0.2) is 9.67 Å². The summed E-state index contributed by atoms with van der Waals surface area (Å²) in [5.74, 6) is 2.45. The highest BCUT2D eigenvalue weighted by Gasteiger charge is 2.17. The molecule has 0 spiro atoms. The minimum absolute atomic E-state index is 0.761. The molecule has 0 saturated carbocycles. The second-order valence-electron chi connectivity index (χ2n) is 12.3. The van der Waals surface area contributed by atoms with Gasteiger partial charge in [-0.05, 0) is 98.8 Å². The van der Waals surface area contributed by atoms with Gasteiger partial charge in [0.1, 0.15) is 17.3 Å². The van der Waals surface area contributed by atoms with E-state index in [4.69, 9.17) is 14.8 Å². The summed E-state index contributed by atoms with van der Waals surface area (Å²) < 4.78 is 10.8. The average Bonchev–Trinajstić information content (AvgIpc) is 3.55. The molecule has 0 N–H and O–H groups in total. The van der Waals surface area contributed by atoms with Crippen LogP contribution in [0.15, 0.2) is 109 Å². The van der Waals surface area contributed by atoms with Gasteiger partial charge in [0.25, 0.3) is 0 Å². The first-order valence-corrected chi connectivity index (χ1v) is 16.4. The fraction of sp³-hybridized carbons (Fsp3) is 0.220. The van der Waals surface area contributed by atoms with Crippen LogP contribution in [0.1, 0.15) is 55.1 Å². The minimum Gasteiger partial charge on any atom is -0.457 e. The maximum absolute atomic E-state index is 6.55. The SMILES string of the molecule is CCCCCCc1ccc2c(c1)c1ccc(Oc3cccc(-n4nc(C)c(-c5ccccc5)c4C)c3)cc1n2-c1cc(C)ccn1. The number of rotatable bonds is 10. The highest BCUT2D eigenvalue weighted by atomic mass is 16.5. The molecular formula is C41H40N4O. The predicted molar refractivity (Wildman–Crippen MR) is 190 cm³/mol. The van der Waals surface area contributed by atoms with Crippen LogP contribution in [0.2, 0.25) is 0 Å². The first-order valence-electron chi connectivity index (χ1n) is 16.4. The summed E-state index contributed by atoms with van der Waals surface area (Å²) in [7, 11) is 0. The van der Waals surface area contributed by atoms with Crippen molar-refractivity contribution in [2.24, 2.45) is 0 Å². The van der Waals surface area contributed by atoms with Crippen LogP contribution in [0.4, 0.5) is 0 Å². The summed E-state index contributed by atoms with van der Waals surface area (Å²) in [5, 5.41) is 7.36. The van der Waals surface area contributed by atoms with Gasteiger partial charge < -0.3 is 4.74 Å². The highest BCUT2D eigenvalue weighted by molar-refractivity contribution is 6.09. The van der Waals surface area contributed by atoms with Crippen LogP contribution in [-0.2, 0) is 6.42 Å². The molecule has 0 unspecified atom stereocenters. The summed E-state index contributed by atoms with van der Waals surface area (Å²) >= 11 is 0. The second-order valence-corrected chi connectivity index (χ2v) is 12.3. The van der Waals surface area contributed by atoms with Gasteiger partial charge >= 0.3 is 0 Å². The number of pyridine rings is 1. The third-order valence-electron chi connectivity index (χ3n) is 8.90. The van der Waals surface area contributed by atoms with Gasteiger partial charge in [0.15, 0.2) is 0 Å². The molecule has 0 saturated heterocycles. The van der Waals surface area contributed by atoms with Gasteiger partial charge in [-0.3, -0.25) is 4.57 Å². The maximum atomic E-state index is 6.55. The van der Waals surface area contributed by atoms with E-state index in [2.05, 4.69) is 111 Å². The maximum Gasteiger partial charge on any atom is 0.137 e. The minimum atomic E-state index is 0.761. The van der Waals surface area contributed by atoms with Crippen LogP contribution in [0.25, 0.3) is 44.4 Å². The van der Waals surface area contributed by atoms with Crippen molar-refractivity contribution < 1.29 is 4.74 Å². The zero-order valence-electron chi connectivity index (χ0n) is 27.1. The average molecular weight is 605 g/mol. The largest absolute Gasteiger partial charge is 0.457 e. The molecule has 46 heavy (non-hydrogen) atoms. The van der Waals surface area contributed by atoms with Crippen molar-refractivity contribution in [3.8, 4) is 34.1 Å². The van der Waals surface area contributed by atoms with Crippen LogP contribution in [0.3, 0.4) is 0 Å². The highest BCUT2D eigenvalue weighted by Crippen LogP contribution is 2.36. The van der Waals surface area contributed by atoms with Crippen LogP contribution in [0.5, 0.6) is 11.5 Å². The third kappa shape index (κ3) is 5.69. The quantitative estimate of drug-likeness (QED) is 0.146. The first kappa shape index (κ1) is 29.5. The Bertz CT molecular complexity index is 2160. The van der Waals surface area contributed by atoms with Gasteiger partial charge in [0.2, 0.25) is 0 Å². The van der Waals surface area contributed by atoms with Gasteiger partial charge in [-0.15, -0.1) is 0 Å². The molecule has 0 radical (unpaired) electrons. The molecule has 5 heteroatoms. The molecule has 7 aromatic rings. The normalized spacial score (nSPS) is 11.5. The standard InChI is InChI=1S/C41H40N4O/c1-5-6-7-9-13-31-18-21-38-37(25-31)36-20-19-35(27-39(36)44(38)40-24-28(2)22-23-42-40)46-34-17-12-16-33(26-34)45-30(4)41(29(3)43-45)32-14-10-8-11-15-32/h8,10-12,14-27H,5-7,9,13H2,1-4H3. The van der Waals surface area contributed by atoms with E-state index in [1.165, 1.54) is 58.7 Å². The lowest BCUT2D eigenvalue weighted by Gasteiger charge is -2.11. The Balaban J connectivity index is 1.26. The van der Waals surface area contributed by atoms with Crippen LogP contribution in [0, 0.1) is 20.8 Å². The van der Waals surface area contributed by atoms with Crippen LogP contribution < -0.4 is 4.74 Å². The summed E-state index contributed by atoms with van der Waals surface area (Å²) in [6.07, 6.45) is 8.03. The van der Waals surface area contributed by atoms with Gasteiger partial charge in [-0.1, -0.05) is 68.7 Å². The van der Waals surface area contributed by atoms with Crippen molar-refractivity contribution in [1.82, 2.24) is 19.3 Å². The molecule has 0 atom stereocenters. The fourth-order valence-corrected chi connectivity index (χ4v) is 6.64. The summed E-state index contributed by atoms with van der Waals surface area (Å²) in [6, 6.07) is 36.1. The van der Waals surface area contributed by atoms with E-state index in [1.54, 1.807) is 0 Å².